The van der Waals surface area contributed by atoms with Crippen LogP contribution in [-0.2, 0) is 4.74 Å². The molecule has 0 atom stereocenters. The number of hydrogen-bond acceptors (Lipinski definition) is 6. The molecule has 0 aromatic carbocycles. The Bertz CT molecular complexity index is 461. The molecule has 0 saturated heterocycles. The standard InChI is InChI=1S/C14H22N4O3/c15-11-4-6-12(7-5-11)21-10-2-9-17-14-13(18(19)20)3-1-8-16-14/h1,3,8,11-12H,2,4-7,9-10,15H2,(H,16,17). The molecule has 0 radical (unpaired) electrons. The van der Waals surface area contributed by atoms with Crippen molar-refractivity contribution in [1.29, 1.82) is 0 Å². The zero-order chi connectivity index (χ0) is 15.1. The Balaban J connectivity index is 1.65. The summed E-state index contributed by atoms with van der Waals surface area (Å²) in [5.41, 5.74) is 5.85. The summed E-state index contributed by atoms with van der Waals surface area (Å²) in [6.45, 7) is 1.25. The van der Waals surface area contributed by atoms with Gasteiger partial charge in [0.05, 0.1) is 11.0 Å². The van der Waals surface area contributed by atoms with Crippen molar-refractivity contribution in [1.82, 2.24) is 4.98 Å². The van der Waals surface area contributed by atoms with Crippen LogP contribution in [0.4, 0.5) is 11.5 Å². The van der Waals surface area contributed by atoms with Crippen molar-refractivity contribution in [3.05, 3.63) is 28.4 Å². The number of rotatable bonds is 7. The Morgan fingerprint density at radius 2 is 2.19 bits per heavy atom. The van der Waals surface area contributed by atoms with E-state index in [4.69, 9.17) is 10.5 Å². The van der Waals surface area contributed by atoms with Gasteiger partial charge in [-0.3, -0.25) is 10.1 Å². The maximum absolute atomic E-state index is 10.8. The van der Waals surface area contributed by atoms with Gasteiger partial charge in [0.1, 0.15) is 0 Å². The smallest absolute Gasteiger partial charge is 0.311 e. The molecule has 7 nitrogen and oxygen atoms in total. The third kappa shape index (κ3) is 4.95. The van der Waals surface area contributed by atoms with Gasteiger partial charge in [0, 0.05) is 31.5 Å². The molecule has 0 bridgehead atoms. The molecule has 1 aromatic rings. The molecule has 2 rings (SSSR count). The van der Waals surface area contributed by atoms with Gasteiger partial charge in [0.25, 0.3) is 0 Å². The molecular weight excluding hydrogens is 272 g/mol. The Morgan fingerprint density at radius 1 is 1.43 bits per heavy atom. The number of nitrogens with zero attached hydrogens (tertiary/aromatic N) is 2. The first-order chi connectivity index (χ1) is 10.2. The quantitative estimate of drug-likeness (QED) is 0.453. The van der Waals surface area contributed by atoms with Gasteiger partial charge in [0.15, 0.2) is 0 Å². The first-order valence-electron chi connectivity index (χ1n) is 7.37. The minimum Gasteiger partial charge on any atom is -0.378 e. The highest BCUT2D eigenvalue weighted by Gasteiger charge is 2.18. The van der Waals surface area contributed by atoms with E-state index in [2.05, 4.69) is 10.3 Å². The largest absolute Gasteiger partial charge is 0.378 e. The number of anilines is 1. The lowest BCUT2D eigenvalue weighted by atomic mass is 9.94. The predicted octanol–water partition coefficient (Wildman–Crippen LogP) is 2.08. The van der Waals surface area contributed by atoms with Crippen molar-refractivity contribution < 1.29 is 9.66 Å². The normalized spacial score (nSPS) is 22.0. The van der Waals surface area contributed by atoms with Crippen LogP contribution in [-0.4, -0.2) is 35.2 Å². The second-order valence-electron chi connectivity index (χ2n) is 5.32. The van der Waals surface area contributed by atoms with E-state index in [1.54, 1.807) is 6.07 Å². The van der Waals surface area contributed by atoms with Crippen molar-refractivity contribution >= 4 is 11.5 Å². The molecule has 0 unspecified atom stereocenters. The number of nitrogens with two attached hydrogens (primary N) is 1. The molecule has 0 spiro atoms. The average molecular weight is 294 g/mol. The van der Waals surface area contributed by atoms with E-state index in [1.165, 1.54) is 12.3 Å². The van der Waals surface area contributed by atoms with Crippen LogP contribution in [0.2, 0.25) is 0 Å². The Kier molecular flexibility index (Phi) is 5.89. The molecular formula is C14H22N4O3. The molecule has 1 fully saturated rings. The summed E-state index contributed by atoms with van der Waals surface area (Å²) in [5, 5.41) is 13.8. The molecule has 1 aliphatic carbocycles. The summed E-state index contributed by atoms with van der Waals surface area (Å²) in [7, 11) is 0. The fourth-order valence-electron chi connectivity index (χ4n) is 2.46. The van der Waals surface area contributed by atoms with Crippen LogP contribution >= 0.6 is 0 Å². The average Bonchev–Trinajstić information content (AvgIpc) is 2.49. The van der Waals surface area contributed by atoms with Crippen molar-refractivity contribution in [2.45, 2.75) is 44.2 Å². The minimum atomic E-state index is -0.433. The summed E-state index contributed by atoms with van der Waals surface area (Å²) in [5.74, 6) is 0.311. The van der Waals surface area contributed by atoms with E-state index in [0.717, 1.165) is 32.1 Å². The van der Waals surface area contributed by atoms with E-state index in [1.807, 2.05) is 0 Å². The van der Waals surface area contributed by atoms with E-state index >= 15 is 0 Å². The summed E-state index contributed by atoms with van der Waals surface area (Å²) < 4.78 is 5.80. The molecule has 3 N–H and O–H groups in total. The van der Waals surface area contributed by atoms with Gasteiger partial charge in [-0.15, -0.1) is 0 Å². The lowest BCUT2D eigenvalue weighted by molar-refractivity contribution is -0.384. The van der Waals surface area contributed by atoms with Gasteiger partial charge < -0.3 is 15.8 Å². The lowest BCUT2D eigenvalue weighted by Gasteiger charge is -2.26. The fourth-order valence-corrected chi connectivity index (χ4v) is 2.46. The summed E-state index contributed by atoms with van der Waals surface area (Å²) >= 11 is 0. The number of pyridine rings is 1. The van der Waals surface area contributed by atoms with Crippen LogP contribution in [0.3, 0.4) is 0 Å². The van der Waals surface area contributed by atoms with E-state index < -0.39 is 4.92 Å². The van der Waals surface area contributed by atoms with E-state index in [0.29, 0.717) is 31.1 Å². The third-order valence-corrected chi connectivity index (χ3v) is 3.67. The number of hydrogen-bond donors (Lipinski definition) is 2. The Morgan fingerprint density at radius 3 is 2.90 bits per heavy atom. The van der Waals surface area contributed by atoms with Crippen LogP contribution in [0.15, 0.2) is 18.3 Å². The van der Waals surface area contributed by atoms with Gasteiger partial charge >= 0.3 is 5.69 Å². The molecule has 1 heterocycles. The highest BCUT2D eigenvalue weighted by Crippen LogP contribution is 2.21. The number of nitro groups is 1. The third-order valence-electron chi connectivity index (χ3n) is 3.67. The highest BCUT2D eigenvalue weighted by molar-refractivity contribution is 5.54. The number of nitrogens with one attached hydrogen (secondary N) is 1. The van der Waals surface area contributed by atoms with Crippen molar-refractivity contribution in [3.63, 3.8) is 0 Å². The van der Waals surface area contributed by atoms with Gasteiger partial charge in [0.2, 0.25) is 5.82 Å². The lowest BCUT2D eigenvalue weighted by Crippen LogP contribution is -2.30. The molecule has 0 amide bonds. The van der Waals surface area contributed by atoms with Crippen LogP contribution in [0.5, 0.6) is 0 Å². The fraction of sp³-hybridized carbons (Fsp3) is 0.643. The molecule has 21 heavy (non-hydrogen) atoms. The van der Waals surface area contributed by atoms with Crippen molar-refractivity contribution in [2.24, 2.45) is 5.73 Å². The first kappa shape index (κ1) is 15.7. The Labute approximate surface area is 124 Å². The molecule has 1 aliphatic rings. The Hall–Kier alpha value is -1.73. The monoisotopic (exact) mass is 294 g/mol. The zero-order valence-corrected chi connectivity index (χ0v) is 12.0. The van der Waals surface area contributed by atoms with Crippen molar-refractivity contribution in [3.8, 4) is 0 Å². The van der Waals surface area contributed by atoms with E-state index in [9.17, 15) is 10.1 Å². The zero-order valence-electron chi connectivity index (χ0n) is 12.0. The summed E-state index contributed by atoms with van der Waals surface area (Å²) in [6, 6.07) is 3.33. The van der Waals surface area contributed by atoms with Crippen LogP contribution in [0.1, 0.15) is 32.1 Å². The first-order valence-corrected chi connectivity index (χ1v) is 7.37. The van der Waals surface area contributed by atoms with Crippen molar-refractivity contribution in [2.75, 3.05) is 18.5 Å². The van der Waals surface area contributed by atoms with Crippen LogP contribution < -0.4 is 11.1 Å². The van der Waals surface area contributed by atoms with Gasteiger partial charge in [-0.1, -0.05) is 0 Å². The SMILES string of the molecule is NC1CCC(OCCCNc2ncccc2[N+](=O)[O-])CC1. The second kappa shape index (κ2) is 7.90. The number of ether oxygens (including phenoxy) is 1. The van der Waals surface area contributed by atoms with Gasteiger partial charge in [-0.05, 0) is 38.2 Å². The molecule has 1 aromatic heterocycles. The van der Waals surface area contributed by atoms with Gasteiger partial charge in [-0.2, -0.15) is 0 Å². The molecule has 116 valence electrons. The van der Waals surface area contributed by atoms with Crippen LogP contribution in [0.25, 0.3) is 0 Å². The maximum atomic E-state index is 10.8. The molecule has 7 heteroatoms. The maximum Gasteiger partial charge on any atom is 0.311 e. The summed E-state index contributed by atoms with van der Waals surface area (Å²) in [4.78, 5) is 14.4. The molecule has 1 saturated carbocycles. The number of aromatic nitrogens is 1. The predicted molar refractivity (Wildman–Crippen MR) is 80.2 cm³/mol. The highest BCUT2D eigenvalue weighted by atomic mass is 16.6. The second-order valence-corrected chi connectivity index (χ2v) is 5.32. The van der Waals surface area contributed by atoms with E-state index in [-0.39, 0.29) is 5.69 Å². The van der Waals surface area contributed by atoms with Crippen LogP contribution in [0, 0.1) is 10.1 Å². The summed E-state index contributed by atoms with van der Waals surface area (Å²) in [6.07, 6.45) is 6.76. The molecule has 0 aliphatic heterocycles. The minimum absolute atomic E-state index is 0.000290. The topological polar surface area (TPSA) is 103 Å². The van der Waals surface area contributed by atoms with Gasteiger partial charge in [-0.25, -0.2) is 4.98 Å².